The summed E-state index contributed by atoms with van der Waals surface area (Å²) < 4.78 is 3.33. The monoisotopic (exact) mass is 340 g/mol. The maximum Gasteiger partial charge on any atom is 0.0698 e. The van der Waals surface area contributed by atoms with Gasteiger partial charge in [0.05, 0.1) is 29.0 Å². The molecule has 4 nitrogen and oxygen atoms in total. The number of hydrogen-bond acceptors (Lipinski definition) is 3. The lowest BCUT2D eigenvalue weighted by atomic mass is 9.92. The molecule has 2 aliphatic carbocycles. The van der Waals surface area contributed by atoms with Crippen molar-refractivity contribution in [1.82, 2.24) is 20.0 Å². The highest BCUT2D eigenvalue weighted by Crippen LogP contribution is 2.57. The van der Waals surface area contributed by atoms with Gasteiger partial charge in [0.25, 0.3) is 0 Å². The number of hydrogen-bond donors (Lipinski definition) is 1. The molecule has 2 fully saturated rings. The molecule has 0 amide bonds. The van der Waals surface area contributed by atoms with Crippen molar-refractivity contribution in [2.75, 3.05) is 27.7 Å². The molecule has 1 N–H and O–H groups in total. The van der Waals surface area contributed by atoms with Gasteiger partial charge in [-0.1, -0.05) is 0 Å². The van der Waals surface area contributed by atoms with Crippen LogP contribution < -0.4 is 5.32 Å². The highest BCUT2D eigenvalue weighted by atomic mass is 79.9. The van der Waals surface area contributed by atoms with Crippen molar-refractivity contribution < 1.29 is 0 Å². The van der Waals surface area contributed by atoms with Crippen molar-refractivity contribution in [2.45, 2.75) is 31.8 Å². The second kappa shape index (κ2) is 5.78. The summed E-state index contributed by atoms with van der Waals surface area (Å²) in [5.74, 6) is 2.82. The predicted molar refractivity (Wildman–Crippen MR) is 84.6 cm³/mol. The summed E-state index contributed by atoms with van der Waals surface area (Å²) >= 11 is 3.70. The zero-order valence-corrected chi connectivity index (χ0v) is 14.2. The van der Waals surface area contributed by atoms with Gasteiger partial charge >= 0.3 is 0 Å². The number of nitrogens with zero attached hydrogens (tertiary/aromatic N) is 3. The fraction of sp³-hybridized carbons (Fsp3) is 0.800. The van der Waals surface area contributed by atoms with E-state index in [1.54, 1.807) is 0 Å². The van der Waals surface area contributed by atoms with E-state index in [9.17, 15) is 0 Å². The number of rotatable bonds is 6. The zero-order valence-electron chi connectivity index (χ0n) is 12.6. The zero-order chi connectivity index (χ0) is 14.3. The second-order valence-corrected chi connectivity index (χ2v) is 7.51. The Balaban J connectivity index is 1.77. The van der Waals surface area contributed by atoms with Crippen molar-refractivity contribution in [2.24, 2.45) is 17.8 Å². The Morgan fingerprint density at radius 2 is 2.10 bits per heavy atom. The van der Waals surface area contributed by atoms with Crippen LogP contribution in [0.15, 0.2) is 10.7 Å². The highest BCUT2D eigenvalue weighted by molar-refractivity contribution is 9.10. The smallest absolute Gasteiger partial charge is 0.0698 e. The van der Waals surface area contributed by atoms with Crippen LogP contribution in [0, 0.1) is 17.8 Å². The van der Waals surface area contributed by atoms with E-state index in [0.29, 0.717) is 6.04 Å². The molecule has 20 heavy (non-hydrogen) atoms. The van der Waals surface area contributed by atoms with Gasteiger partial charge in [-0.3, -0.25) is 4.68 Å². The molecule has 0 aromatic carbocycles. The summed E-state index contributed by atoms with van der Waals surface area (Å²) in [6, 6.07) is 0.432. The molecular weight excluding hydrogens is 316 g/mol. The van der Waals surface area contributed by atoms with Crippen molar-refractivity contribution in [3.8, 4) is 0 Å². The van der Waals surface area contributed by atoms with Crippen LogP contribution in [0.2, 0.25) is 0 Å². The van der Waals surface area contributed by atoms with Crippen LogP contribution in [0.25, 0.3) is 0 Å². The molecule has 0 bridgehead atoms. The maximum absolute atomic E-state index is 4.56. The molecule has 0 spiro atoms. The summed E-state index contributed by atoms with van der Waals surface area (Å²) in [5, 5.41) is 8.11. The maximum atomic E-state index is 4.56. The standard InChI is InChI=1S/C15H25BrN4/c1-17-14(12-7-10-6-11(10)8-12)15-13(16)9-18-20(15)5-4-19(2)3/h9-12,14,17H,4-8H2,1-3H3. The van der Waals surface area contributed by atoms with E-state index in [1.165, 1.54) is 25.0 Å². The van der Waals surface area contributed by atoms with Crippen molar-refractivity contribution in [3.05, 3.63) is 16.4 Å². The van der Waals surface area contributed by atoms with Gasteiger partial charge in [-0.25, -0.2) is 0 Å². The first-order valence-corrected chi connectivity index (χ1v) is 8.42. The van der Waals surface area contributed by atoms with Crippen molar-refractivity contribution in [3.63, 3.8) is 0 Å². The third-order valence-corrected chi connectivity index (χ3v) is 5.56. The molecule has 2 aliphatic rings. The Morgan fingerprint density at radius 3 is 2.70 bits per heavy atom. The first kappa shape index (κ1) is 14.5. The summed E-state index contributed by atoms with van der Waals surface area (Å²) in [5.41, 5.74) is 1.33. The van der Waals surface area contributed by atoms with Gasteiger partial charge in [0, 0.05) is 6.54 Å². The van der Waals surface area contributed by atoms with Crippen LogP contribution >= 0.6 is 15.9 Å². The molecule has 3 rings (SSSR count). The SMILES string of the molecule is CNC(c1c(Br)cnn1CCN(C)C)C1CC2CC2C1. The number of nitrogens with one attached hydrogen (secondary N) is 1. The predicted octanol–water partition coefficient (Wildman–Crippen LogP) is 2.51. The number of likely N-dealkylation sites (N-methyl/N-ethyl adjacent to an activating group) is 1. The van der Waals surface area contributed by atoms with E-state index >= 15 is 0 Å². The van der Waals surface area contributed by atoms with E-state index in [4.69, 9.17) is 0 Å². The van der Waals surface area contributed by atoms with Gasteiger partial charge in [-0.05, 0) is 74.1 Å². The van der Waals surface area contributed by atoms with Crippen LogP contribution in [0.1, 0.15) is 31.0 Å². The van der Waals surface area contributed by atoms with Crippen molar-refractivity contribution >= 4 is 15.9 Å². The lowest BCUT2D eigenvalue weighted by Gasteiger charge is -2.26. The molecule has 5 heteroatoms. The quantitative estimate of drug-likeness (QED) is 0.863. The van der Waals surface area contributed by atoms with Crippen LogP contribution in [0.3, 0.4) is 0 Å². The summed E-state index contributed by atoms with van der Waals surface area (Å²) in [6.07, 6.45) is 6.21. The Morgan fingerprint density at radius 1 is 1.40 bits per heavy atom. The van der Waals surface area contributed by atoms with E-state index in [0.717, 1.165) is 35.3 Å². The molecule has 1 aromatic rings. The van der Waals surface area contributed by atoms with Crippen LogP contribution in [0.5, 0.6) is 0 Å². The highest BCUT2D eigenvalue weighted by Gasteiger charge is 2.48. The first-order chi connectivity index (χ1) is 9.60. The largest absolute Gasteiger partial charge is 0.311 e. The van der Waals surface area contributed by atoms with Gasteiger partial charge in [0.1, 0.15) is 0 Å². The van der Waals surface area contributed by atoms with E-state index in [2.05, 4.69) is 57.1 Å². The molecular formula is C15H25BrN4. The minimum atomic E-state index is 0.432. The first-order valence-electron chi connectivity index (χ1n) is 7.63. The Kier molecular flexibility index (Phi) is 4.20. The van der Waals surface area contributed by atoms with Crippen LogP contribution in [0.4, 0.5) is 0 Å². The third kappa shape index (κ3) is 2.81. The molecule has 3 unspecified atom stereocenters. The van der Waals surface area contributed by atoms with Gasteiger partial charge < -0.3 is 10.2 Å². The molecule has 0 aliphatic heterocycles. The van der Waals surface area contributed by atoms with Gasteiger partial charge in [-0.2, -0.15) is 5.10 Å². The normalized spacial score (nSPS) is 29.8. The molecule has 112 valence electrons. The minimum Gasteiger partial charge on any atom is -0.311 e. The molecule has 0 radical (unpaired) electrons. The van der Waals surface area contributed by atoms with Gasteiger partial charge in [0.15, 0.2) is 0 Å². The topological polar surface area (TPSA) is 33.1 Å². The summed E-state index contributed by atoms with van der Waals surface area (Å²) in [6.45, 7) is 1.97. The lowest BCUT2D eigenvalue weighted by Crippen LogP contribution is -2.29. The Hall–Kier alpha value is -0.390. The van der Waals surface area contributed by atoms with Crippen LogP contribution in [-0.2, 0) is 6.54 Å². The Labute approximate surface area is 130 Å². The molecule has 1 aromatic heterocycles. The lowest BCUT2D eigenvalue weighted by molar-refractivity contribution is 0.322. The average molecular weight is 341 g/mol. The fourth-order valence-corrected chi connectivity index (χ4v) is 4.33. The minimum absolute atomic E-state index is 0.432. The van der Waals surface area contributed by atoms with Crippen LogP contribution in [-0.4, -0.2) is 42.4 Å². The average Bonchev–Trinajstić information content (AvgIpc) is 2.85. The van der Waals surface area contributed by atoms with Gasteiger partial charge in [0.2, 0.25) is 0 Å². The van der Waals surface area contributed by atoms with E-state index < -0.39 is 0 Å². The third-order valence-electron chi connectivity index (χ3n) is 4.95. The Bertz CT molecular complexity index is 460. The van der Waals surface area contributed by atoms with Crippen molar-refractivity contribution in [1.29, 1.82) is 0 Å². The summed E-state index contributed by atoms with van der Waals surface area (Å²) in [7, 11) is 6.31. The van der Waals surface area contributed by atoms with E-state index in [1.807, 2.05) is 6.20 Å². The molecule has 3 atom stereocenters. The number of aromatic nitrogens is 2. The number of halogens is 1. The molecule has 1 heterocycles. The molecule has 0 saturated heterocycles. The number of fused-ring (bicyclic) bond motifs is 1. The second-order valence-electron chi connectivity index (χ2n) is 6.66. The summed E-state index contributed by atoms with van der Waals surface area (Å²) in [4.78, 5) is 2.21. The van der Waals surface area contributed by atoms with E-state index in [-0.39, 0.29) is 0 Å². The van der Waals surface area contributed by atoms with Gasteiger partial charge in [-0.15, -0.1) is 0 Å². The fourth-order valence-electron chi connectivity index (χ4n) is 3.78. The molecule has 2 saturated carbocycles.